The third kappa shape index (κ3) is 6.47. The lowest BCUT2D eigenvalue weighted by Crippen LogP contribution is -2.56. The van der Waals surface area contributed by atoms with Crippen molar-refractivity contribution in [2.45, 2.75) is 38.8 Å². The lowest BCUT2D eigenvalue weighted by atomic mass is 10.1. The van der Waals surface area contributed by atoms with Crippen LogP contribution in [-0.2, 0) is 16.0 Å². The number of aliphatic carboxylic acids is 1. The van der Waals surface area contributed by atoms with Crippen LogP contribution in [0.25, 0.3) is 0 Å². The van der Waals surface area contributed by atoms with Crippen molar-refractivity contribution >= 4 is 18.1 Å². The fourth-order valence-electron chi connectivity index (χ4n) is 2.71. The molecule has 1 saturated heterocycles. The van der Waals surface area contributed by atoms with E-state index in [2.05, 4.69) is 5.32 Å². The van der Waals surface area contributed by atoms with E-state index in [1.54, 1.807) is 25.7 Å². The minimum absolute atomic E-state index is 0.208. The molecule has 0 aromatic heterocycles. The van der Waals surface area contributed by atoms with E-state index in [9.17, 15) is 19.5 Å². The zero-order valence-electron chi connectivity index (χ0n) is 16.0. The second-order valence-corrected chi connectivity index (χ2v) is 7.48. The molecule has 0 unspecified atom stereocenters. The second kappa shape index (κ2) is 8.75. The molecule has 3 amide bonds. The van der Waals surface area contributed by atoms with Crippen LogP contribution < -0.4 is 5.32 Å². The summed E-state index contributed by atoms with van der Waals surface area (Å²) in [6.07, 6.45) is -0.199. The summed E-state index contributed by atoms with van der Waals surface area (Å²) in [7, 11) is 0. The van der Waals surface area contributed by atoms with Crippen molar-refractivity contribution in [3.05, 3.63) is 35.9 Å². The smallest absolute Gasteiger partial charge is 0.410 e. The molecule has 8 heteroatoms. The third-order valence-electron chi connectivity index (χ3n) is 4.10. The van der Waals surface area contributed by atoms with Gasteiger partial charge in [-0.2, -0.15) is 0 Å². The van der Waals surface area contributed by atoms with Gasteiger partial charge in [0, 0.05) is 32.6 Å². The first kappa shape index (κ1) is 20.5. The number of ether oxygens (including phenoxy) is 1. The highest BCUT2D eigenvalue weighted by atomic mass is 16.6. The first-order valence-electron chi connectivity index (χ1n) is 8.96. The van der Waals surface area contributed by atoms with Gasteiger partial charge >= 0.3 is 18.1 Å². The normalized spacial score (nSPS) is 15.8. The number of hydrogen-bond donors (Lipinski definition) is 2. The number of carboxylic acid groups (broad SMARTS) is 1. The van der Waals surface area contributed by atoms with Crippen molar-refractivity contribution in [2.24, 2.45) is 0 Å². The van der Waals surface area contributed by atoms with E-state index in [0.29, 0.717) is 26.2 Å². The minimum atomic E-state index is -1.08. The maximum Gasteiger partial charge on any atom is 0.410 e. The summed E-state index contributed by atoms with van der Waals surface area (Å²) in [6.45, 7) is 6.73. The molecule has 1 aromatic rings. The van der Waals surface area contributed by atoms with Crippen molar-refractivity contribution in [1.29, 1.82) is 0 Å². The summed E-state index contributed by atoms with van der Waals surface area (Å²) in [6, 6.07) is 7.69. The first-order valence-corrected chi connectivity index (χ1v) is 8.96. The number of rotatable bonds is 4. The molecular formula is C19H27N3O5. The highest BCUT2D eigenvalue weighted by molar-refractivity contribution is 5.83. The zero-order chi connectivity index (χ0) is 20.0. The standard InChI is InChI=1S/C19H27N3O5/c1-19(2,3)27-18(26)22-11-9-21(10-12-22)17(25)20-15(16(23)24)13-14-7-5-4-6-8-14/h4-8,15H,9-13H2,1-3H3,(H,20,25)(H,23,24)/t15-/m0/s1. The minimum Gasteiger partial charge on any atom is -0.480 e. The number of carboxylic acids is 1. The molecule has 1 heterocycles. The quantitative estimate of drug-likeness (QED) is 0.835. The monoisotopic (exact) mass is 377 g/mol. The SMILES string of the molecule is CC(C)(C)OC(=O)N1CCN(C(=O)N[C@@H](Cc2ccccc2)C(=O)O)CC1. The average molecular weight is 377 g/mol. The van der Waals surface area contributed by atoms with Gasteiger partial charge in [-0.1, -0.05) is 30.3 Å². The Labute approximate surface area is 159 Å². The largest absolute Gasteiger partial charge is 0.480 e. The number of amides is 3. The van der Waals surface area contributed by atoms with Crippen LogP contribution in [0.3, 0.4) is 0 Å². The summed E-state index contributed by atoms with van der Waals surface area (Å²) in [5.74, 6) is -1.08. The zero-order valence-corrected chi connectivity index (χ0v) is 16.0. The van der Waals surface area contributed by atoms with Crippen LogP contribution in [0.15, 0.2) is 30.3 Å². The number of hydrogen-bond acceptors (Lipinski definition) is 4. The molecule has 0 bridgehead atoms. The number of benzene rings is 1. The predicted octanol–water partition coefficient (Wildman–Crippen LogP) is 1.94. The van der Waals surface area contributed by atoms with Crippen LogP contribution in [-0.4, -0.2) is 70.8 Å². The molecule has 0 spiro atoms. The molecule has 27 heavy (non-hydrogen) atoms. The highest BCUT2D eigenvalue weighted by Gasteiger charge is 2.29. The van der Waals surface area contributed by atoms with E-state index in [0.717, 1.165) is 5.56 Å². The molecule has 2 N–H and O–H groups in total. The van der Waals surface area contributed by atoms with Gasteiger partial charge in [-0.25, -0.2) is 14.4 Å². The Bertz CT molecular complexity index is 664. The lowest BCUT2D eigenvalue weighted by molar-refractivity contribution is -0.139. The van der Waals surface area contributed by atoms with Crippen molar-refractivity contribution in [3.8, 4) is 0 Å². The van der Waals surface area contributed by atoms with E-state index in [1.165, 1.54) is 4.90 Å². The van der Waals surface area contributed by atoms with Crippen molar-refractivity contribution in [2.75, 3.05) is 26.2 Å². The molecule has 1 aliphatic heterocycles. The van der Waals surface area contributed by atoms with E-state index in [1.807, 2.05) is 30.3 Å². The topological polar surface area (TPSA) is 99.2 Å². The number of urea groups is 1. The molecule has 2 rings (SSSR count). The molecule has 0 saturated carbocycles. The van der Waals surface area contributed by atoms with Gasteiger partial charge in [-0.15, -0.1) is 0 Å². The highest BCUT2D eigenvalue weighted by Crippen LogP contribution is 2.12. The average Bonchev–Trinajstić information content (AvgIpc) is 2.60. The van der Waals surface area contributed by atoms with Gasteiger partial charge in [0.1, 0.15) is 11.6 Å². The fourth-order valence-corrected chi connectivity index (χ4v) is 2.71. The number of nitrogens with zero attached hydrogens (tertiary/aromatic N) is 2. The molecule has 1 atom stereocenters. The maximum atomic E-state index is 12.4. The molecule has 148 valence electrons. The van der Waals surface area contributed by atoms with E-state index >= 15 is 0 Å². The molecule has 8 nitrogen and oxygen atoms in total. The van der Waals surface area contributed by atoms with Gasteiger partial charge in [-0.05, 0) is 26.3 Å². The second-order valence-electron chi connectivity index (χ2n) is 7.48. The Kier molecular flexibility index (Phi) is 6.65. The third-order valence-corrected chi connectivity index (χ3v) is 4.10. The van der Waals surface area contributed by atoms with Crippen molar-refractivity contribution < 1.29 is 24.2 Å². The molecule has 1 aromatic carbocycles. The summed E-state index contributed by atoms with van der Waals surface area (Å²) >= 11 is 0. The molecule has 1 aliphatic rings. The van der Waals surface area contributed by atoms with Crippen LogP contribution in [0, 0.1) is 0 Å². The van der Waals surface area contributed by atoms with Crippen LogP contribution in [0.4, 0.5) is 9.59 Å². The summed E-state index contributed by atoms with van der Waals surface area (Å²) in [5.41, 5.74) is 0.262. The maximum absolute atomic E-state index is 12.4. The lowest BCUT2D eigenvalue weighted by Gasteiger charge is -2.36. The van der Waals surface area contributed by atoms with Crippen LogP contribution in [0.2, 0.25) is 0 Å². The molecular weight excluding hydrogens is 350 g/mol. The van der Waals surface area contributed by atoms with Crippen molar-refractivity contribution in [3.63, 3.8) is 0 Å². The predicted molar refractivity (Wildman–Crippen MR) is 99.5 cm³/mol. The Morgan fingerprint density at radius 3 is 2.15 bits per heavy atom. The summed E-state index contributed by atoms with van der Waals surface area (Å²) in [5, 5.41) is 12.0. The first-order chi connectivity index (χ1) is 12.7. The Morgan fingerprint density at radius 1 is 1.07 bits per heavy atom. The molecule has 1 fully saturated rings. The number of nitrogens with one attached hydrogen (secondary N) is 1. The summed E-state index contributed by atoms with van der Waals surface area (Å²) < 4.78 is 5.33. The number of carbonyl (C=O) groups excluding carboxylic acids is 2. The van der Waals surface area contributed by atoms with Gasteiger partial charge in [0.05, 0.1) is 0 Å². The van der Waals surface area contributed by atoms with Gasteiger partial charge in [-0.3, -0.25) is 0 Å². The number of piperazine rings is 1. The van der Waals surface area contributed by atoms with E-state index in [-0.39, 0.29) is 6.42 Å². The van der Waals surface area contributed by atoms with E-state index in [4.69, 9.17) is 4.74 Å². The summed E-state index contributed by atoms with van der Waals surface area (Å²) in [4.78, 5) is 39.1. The van der Waals surface area contributed by atoms with Gasteiger partial charge in [0.15, 0.2) is 0 Å². The Hall–Kier alpha value is -2.77. The fraction of sp³-hybridized carbons (Fsp3) is 0.526. The van der Waals surface area contributed by atoms with Crippen LogP contribution in [0.1, 0.15) is 26.3 Å². The molecule has 0 radical (unpaired) electrons. The van der Waals surface area contributed by atoms with Gasteiger partial charge < -0.3 is 25.0 Å². The Balaban J connectivity index is 1.87. The van der Waals surface area contributed by atoms with Crippen molar-refractivity contribution in [1.82, 2.24) is 15.1 Å². The van der Waals surface area contributed by atoms with Crippen LogP contribution in [0.5, 0.6) is 0 Å². The molecule has 0 aliphatic carbocycles. The van der Waals surface area contributed by atoms with E-state index < -0.39 is 29.7 Å². The van der Waals surface area contributed by atoms with Gasteiger partial charge in [0.25, 0.3) is 0 Å². The number of carbonyl (C=O) groups is 3. The van der Waals surface area contributed by atoms with Crippen LogP contribution >= 0.6 is 0 Å². The Morgan fingerprint density at radius 2 is 1.63 bits per heavy atom. The van der Waals surface area contributed by atoms with Gasteiger partial charge in [0.2, 0.25) is 0 Å².